The number of anilines is 1. The molecule has 0 saturated carbocycles. The Kier molecular flexibility index (Phi) is 6.43. The first kappa shape index (κ1) is 16.8. The van der Waals surface area contributed by atoms with Gasteiger partial charge in [0, 0.05) is 12.7 Å². The second kappa shape index (κ2) is 8.79. The molecule has 1 amide bonds. The summed E-state index contributed by atoms with van der Waals surface area (Å²) in [5.41, 5.74) is 1.09. The lowest BCUT2D eigenvalue weighted by Crippen LogP contribution is -2.24. The zero-order chi connectivity index (χ0) is 16.5. The minimum Gasteiger partial charge on any atom is -0.369 e. The zero-order valence-electron chi connectivity index (χ0n) is 13.5. The summed E-state index contributed by atoms with van der Waals surface area (Å²) in [4.78, 5) is 18.3. The van der Waals surface area contributed by atoms with Crippen LogP contribution in [-0.4, -0.2) is 53.2 Å². The van der Waals surface area contributed by atoms with Crippen LogP contribution < -0.4 is 10.6 Å². The SMILES string of the molecule is CN(C)CCCNc1ccc(C(=O)NCc2ccccn2)nn1. The van der Waals surface area contributed by atoms with Gasteiger partial charge in [0.1, 0.15) is 5.82 Å². The van der Waals surface area contributed by atoms with Crippen molar-refractivity contribution in [2.24, 2.45) is 0 Å². The van der Waals surface area contributed by atoms with Crippen molar-refractivity contribution in [3.63, 3.8) is 0 Å². The summed E-state index contributed by atoms with van der Waals surface area (Å²) in [5, 5.41) is 13.9. The zero-order valence-corrected chi connectivity index (χ0v) is 13.5. The molecular formula is C16H22N6O. The third-order valence-electron chi connectivity index (χ3n) is 3.14. The summed E-state index contributed by atoms with van der Waals surface area (Å²) in [7, 11) is 4.08. The molecule has 2 heterocycles. The number of nitrogens with one attached hydrogen (secondary N) is 2. The lowest BCUT2D eigenvalue weighted by Gasteiger charge is -2.10. The van der Waals surface area contributed by atoms with Crippen LogP contribution in [0.2, 0.25) is 0 Å². The Morgan fingerprint density at radius 1 is 1.17 bits per heavy atom. The van der Waals surface area contributed by atoms with Gasteiger partial charge in [0.05, 0.1) is 12.2 Å². The summed E-state index contributed by atoms with van der Waals surface area (Å²) >= 11 is 0. The molecule has 0 bridgehead atoms. The average molecular weight is 314 g/mol. The monoisotopic (exact) mass is 314 g/mol. The Hall–Kier alpha value is -2.54. The van der Waals surface area contributed by atoms with E-state index < -0.39 is 0 Å². The lowest BCUT2D eigenvalue weighted by atomic mass is 10.3. The molecule has 0 radical (unpaired) electrons. The molecule has 2 rings (SSSR count). The molecule has 0 saturated heterocycles. The predicted molar refractivity (Wildman–Crippen MR) is 89.1 cm³/mol. The minimum atomic E-state index is -0.262. The molecule has 7 nitrogen and oxygen atoms in total. The Morgan fingerprint density at radius 3 is 2.70 bits per heavy atom. The fourth-order valence-corrected chi connectivity index (χ4v) is 1.92. The molecule has 0 aliphatic carbocycles. The predicted octanol–water partition coefficient (Wildman–Crippen LogP) is 1.17. The number of hydrogen-bond donors (Lipinski definition) is 2. The number of carbonyl (C=O) groups is 1. The molecule has 0 atom stereocenters. The number of rotatable bonds is 8. The molecule has 2 aromatic rings. The molecule has 0 fully saturated rings. The van der Waals surface area contributed by atoms with Gasteiger partial charge in [-0.15, -0.1) is 10.2 Å². The molecule has 0 aromatic carbocycles. The van der Waals surface area contributed by atoms with Gasteiger partial charge in [0.25, 0.3) is 5.91 Å². The Morgan fingerprint density at radius 2 is 2.04 bits per heavy atom. The van der Waals surface area contributed by atoms with E-state index >= 15 is 0 Å². The first-order valence-corrected chi connectivity index (χ1v) is 7.55. The van der Waals surface area contributed by atoms with E-state index in [1.165, 1.54) is 0 Å². The third-order valence-corrected chi connectivity index (χ3v) is 3.14. The van der Waals surface area contributed by atoms with E-state index in [0.29, 0.717) is 18.1 Å². The standard InChI is InChI=1S/C16H22N6O/c1-22(2)11-5-10-18-15-8-7-14(20-21-15)16(23)19-12-13-6-3-4-9-17-13/h3-4,6-9H,5,10-12H2,1-2H3,(H,18,21)(H,19,23). The van der Waals surface area contributed by atoms with Crippen molar-refractivity contribution >= 4 is 11.7 Å². The van der Waals surface area contributed by atoms with Crippen LogP contribution in [0.1, 0.15) is 22.6 Å². The highest BCUT2D eigenvalue weighted by Gasteiger charge is 2.08. The molecule has 0 spiro atoms. The summed E-state index contributed by atoms with van der Waals surface area (Å²) in [6.45, 7) is 2.19. The van der Waals surface area contributed by atoms with Crippen LogP contribution in [0.4, 0.5) is 5.82 Å². The van der Waals surface area contributed by atoms with Gasteiger partial charge in [0.2, 0.25) is 0 Å². The van der Waals surface area contributed by atoms with Crippen molar-refractivity contribution < 1.29 is 4.79 Å². The van der Waals surface area contributed by atoms with Gasteiger partial charge < -0.3 is 15.5 Å². The maximum absolute atomic E-state index is 12.0. The topological polar surface area (TPSA) is 83.0 Å². The summed E-state index contributed by atoms with van der Waals surface area (Å²) in [6, 6.07) is 8.99. The highest BCUT2D eigenvalue weighted by atomic mass is 16.1. The van der Waals surface area contributed by atoms with Gasteiger partial charge in [-0.1, -0.05) is 6.07 Å². The van der Waals surface area contributed by atoms with E-state index in [-0.39, 0.29) is 5.91 Å². The molecular weight excluding hydrogens is 292 g/mol. The number of nitrogens with zero attached hydrogens (tertiary/aromatic N) is 4. The summed E-state index contributed by atoms with van der Waals surface area (Å²) < 4.78 is 0. The Bertz CT molecular complexity index is 600. The van der Waals surface area contributed by atoms with Gasteiger partial charge in [-0.05, 0) is 51.3 Å². The molecule has 2 N–H and O–H groups in total. The molecule has 2 aromatic heterocycles. The Labute approximate surface area is 136 Å². The fraction of sp³-hybridized carbons (Fsp3) is 0.375. The van der Waals surface area contributed by atoms with Crippen LogP contribution in [0.5, 0.6) is 0 Å². The molecule has 0 aliphatic rings. The van der Waals surface area contributed by atoms with E-state index in [9.17, 15) is 4.79 Å². The van der Waals surface area contributed by atoms with Crippen LogP contribution in [0.15, 0.2) is 36.5 Å². The second-order valence-electron chi connectivity index (χ2n) is 5.39. The van der Waals surface area contributed by atoms with E-state index in [1.807, 2.05) is 32.3 Å². The van der Waals surface area contributed by atoms with Crippen molar-refractivity contribution in [2.75, 3.05) is 32.5 Å². The van der Waals surface area contributed by atoms with Gasteiger partial charge in [-0.3, -0.25) is 9.78 Å². The van der Waals surface area contributed by atoms with Crippen molar-refractivity contribution in [1.82, 2.24) is 25.4 Å². The smallest absolute Gasteiger partial charge is 0.272 e. The number of aromatic nitrogens is 3. The number of carbonyl (C=O) groups excluding carboxylic acids is 1. The van der Waals surface area contributed by atoms with Crippen molar-refractivity contribution in [1.29, 1.82) is 0 Å². The van der Waals surface area contributed by atoms with Crippen LogP contribution in [0, 0.1) is 0 Å². The normalized spacial score (nSPS) is 10.6. The fourth-order valence-electron chi connectivity index (χ4n) is 1.92. The van der Waals surface area contributed by atoms with Crippen LogP contribution in [-0.2, 0) is 6.54 Å². The second-order valence-corrected chi connectivity index (χ2v) is 5.39. The van der Waals surface area contributed by atoms with Crippen molar-refractivity contribution in [3.8, 4) is 0 Å². The minimum absolute atomic E-state index is 0.262. The highest BCUT2D eigenvalue weighted by Crippen LogP contribution is 2.03. The lowest BCUT2D eigenvalue weighted by molar-refractivity contribution is 0.0944. The first-order valence-electron chi connectivity index (χ1n) is 7.55. The molecule has 0 unspecified atom stereocenters. The quantitative estimate of drug-likeness (QED) is 0.712. The maximum atomic E-state index is 12.0. The van der Waals surface area contributed by atoms with E-state index in [4.69, 9.17) is 0 Å². The van der Waals surface area contributed by atoms with Crippen LogP contribution in [0.3, 0.4) is 0 Å². The van der Waals surface area contributed by atoms with Crippen LogP contribution in [0.25, 0.3) is 0 Å². The Balaban J connectivity index is 1.78. The van der Waals surface area contributed by atoms with Gasteiger partial charge in [0.15, 0.2) is 5.69 Å². The number of pyridine rings is 1. The third kappa shape index (κ3) is 5.99. The maximum Gasteiger partial charge on any atom is 0.272 e. The first-order chi connectivity index (χ1) is 11.1. The van der Waals surface area contributed by atoms with Gasteiger partial charge in [-0.2, -0.15) is 0 Å². The number of amides is 1. The molecule has 122 valence electrons. The van der Waals surface area contributed by atoms with E-state index in [2.05, 4.69) is 30.7 Å². The van der Waals surface area contributed by atoms with E-state index in [0.717, 1.165) is 25.2 Å². The molecule has 0 aliphatic heterocycles. The summed E-state index contributed by atoms with van der Waals surface area (Å²) in [6.07, 6.45) is 2.71. The number of hydrogen-bond acceptors (Lipinski definition) is 6. The van der Waals surface area contributed by atoms with Crippen molar-refractivity contribution in [2.45, 2.75) is 13.0 Å². The van der Waals surface area contributed by atoms with Gasteiger partial charge in [-0.25, -0.2) is 0 Å². The largest absolute Gasteiger partial charge is 0.369 e. The highest BCUT2D eigenvalue weighted by molar-refractivity contribution is 5.92. The molecule has 7 heteroatoms. The molecule has 23 heavy (non-hydrogen) atoms. The van der Waals surface area contributed by atoms with Gasteiger partial charge >= 0.3 is 0 Å². The van der Waals surface area contributed by atoms with E-state index in [1.54, 1.807) is 18.3 Å². The van der Waals surface area contributed by atoms with Crippen molar-refractivity contribution in [3.05, 3.63) is 47.9 Å². The average Bonchev–Trinajstić information content (AvgIpc) is 2.58. The van der Waals surface area contributed by atoms with Crippen LogP contribution >= 0.6 is 0 Å². The summed E-state index contributed by atoms with van der Waals surface area (Å²) in [5.74, 6) is 0.410.